The lowest BCUT2D eigenvalue weighted by molar-refractivity contribution is -0.146. The number of hydrogen-bond donors (Lipinski definition) is 1. The summed E-state index contributed by atoms with van der Waals surface area (Å²) in [5.41, 5.74) is 0.392. The van der Waals surface area contributed by atoms with Gasteiger partial charge in [0.1, 0.15) is 6.61 Å². The minimum Gasteiger partial charge on any atom is -0.486 e. The molecule has 148 valence electrons. The predicted octanol–water partition coefficient (Wildman–Crippen LogP) is 2.28. The summed E-state index contributed by atoms with van der Waals surface area (Å²) in [6.07, 6.45) is 1.07. The van der Waals surface area contributed by atoms with E-state index in [1.54, 1.807) is 32.0 Å². The maximum atomic E-state index is 12.0. The van der Waals surface area contributed by atoms with Gasteiger partial charge in [0.05, 0.1) is 19.8 Å². The molecule has 1 heterocycles. The molecular formula is C19H25NO7. The van der Waals surface area contributed by atoms with Crippen molar-refractivity contribution in [1.29, 1.82) is 0 Å². The molecule has 27 heavy (non-hydrogen) atoms. The number of esters is 2. The van der Waals surface area contributed by atoms with E-state index in [0.29, 0.717) is 37.0 Å². The third-order valence-electron chi connectivity index (χ3n) is 3.54. The van der Waals surface area contributed by atoms with Gasteiger partial charge in [0.2, 0.25) is 0 Å². The number of ether oxygens (including phenoxy) is 5. The molecule has 1 aromatic rings. The standard InChI is InChI=1S/C19H25NO7/c1-4-23-11-14-12-26-16-8-7-13(9-17(16)27-14)20-10-15(18(21)24-5-2)19(22)25-6-3/h7-10,14,20H,4-6,11-12H2,1-3H3. The summed E-state index contributed by atoms with van der Waals surface area (Å²) < 4.78 is 26.7. The number of nitrogens with one attached hydrogen (secondary N) is 1. The van der Waals surface area contributed by atoms with Gasteiger partial charge in [0, 0.05) is 24.6 Å². The molecule has 1 aliphatic rings. The topological polar surface area (TPSA) is 92.3 Å². The quantitative estimate of drug-likeness (QED) is 0.302. The van der Waals surface area contributed by atoms with Crippen molar-refractivity contribution in [2.24, 2.45) is 0 Å². The molecule has 1 aromatic carbocycles. The monoisotopic (exact) mass is 379 g/mol. The van der Waals surface area contributed by atoms with Crippen molar-refractivity contribution in [3.8, 4) is 11.5 Å². The van der Waals surface area contributed by atoms with E-state index in [1.165, 1.54) is 6.20 Å². The first-order valence-electron chi connectivity index (χ1n) is 8.91. The Morgan fingerprint density at radius 2 is 1.81 bits per heavy atom. The molecule has 0 aromatic heterocycles. The van der Waals surface area contributed by atoms with Crippen LogP contribution in [-0.4, -0.2) is 51.1 Å². The van der Waals surface area contributed by atoms with Crippen LogP contribution in [0.3, 0.4) is 0 Å². The predicted molar refractivity (Wildman–Crippen MR) is 97.8 cm³/mol. The smallest absolute Gasteiger partial charge is 0.347 e. The summed E-state index contributed by atoms with van der Waals surface area (Å²) in [5.74, 6) is -0.331. The molecule has 0 bridgehead atoms. The molecule has 1 aliphatic heterocycles. The number of rotatable bonds is 9. The van der Waals surface area contributed by atoms with E-state index in [0.717, 1.165) is 0 Å². The molecular weight excluding hydrogens is 354 g/mol. The Morgan fingerprint density at radius 1 is 1.11 bits per heavy atom. The van der Waals surface area contributed by atoms with Crippen molar-refractivity contribution < 1.29 is 33.3 Å². The van der Waals surface area contributed by atoms with Crippen LogP contribution in [0.2, 0.25) is 0 Å². The highest BCUT2D eigenvalue weighted by Crippen LogP contribution is 2.34. The van der Waals surface area contributed by atoms with Gasteiger partial charge in [-0.3, -0.25) is 0 Å². The van der Waals surface area contributed by atoms with E-state index in [2.05, 4.69) is 5.32 Å². The first kappa shape index (κ1) is 20.6. The Hall–Kier alpha value is -2.74. The molecule has 0 aliphatic carbocycles. The number of fused-ring (bicyclic) bond motifs is 1. The van der Waals surface area contributed by atoms with Crippen molar-refractivity contribution in [2.45, 2.75) is 26.9 Å². The zero-order chi connectivity index (χ0) is 19.6. The van der Waals surface area contributed by atoms with Gasteiger partial charge in [-0.05, 0) is 32.9 Å². The third kappa shape index (κ3) is 5.89. The van der Waals surface area contributed by atoms with Crippen LogP contribution in [0, 0.1) is 0 Å². The van der Waals surface area contributed by atoms with Crippen LogP contribution in [-0.2, 0) is 23.8 Å². The fraction of sp³-hybridized carbons (Fsp3) is 0.474. The van der Waals surface area contributed by atoms with E-state index < -0.39 is 11.9 Å². The van der Waals surface area contributed by atoms with Crippen molar-refractivity contribution in [3.05, 3.63) is 30.0 Å². The Balaban J connectivity index is 2.12. The molecule has 1 N–H and O–H groups in total. The Labute approximate surface area is 158 Å². The maximum Gasteiger partial charge on any atom is 0.347 e. The van der Waals surface area contributed by atoms with Gasteiger partial charge in [-0.1, -0.05) is 0 Å². The first-order chi connectivity index (χ1) is 13.1. The highest BCUT2D eigenvalue weighted by atomic mass is 16.6. The van der Waals surface area contributed by atoms with Crippen LogP contribution in [0.15, 0.2) is 30.0 Å². The van der Waals surface area contributed by atoms with E-state index in [9.17, 15) is 9.59 Å². The van der Waals surface area contributed by atoms with E-state index in [1.807, 2.05) is 6.92 Å². The zero-order valence-electron chi connectivity index (χ0n) is 15.8. The molecule has 1 unspecified atom stereocenters. The van der Waals surface area contributed by atoms with Crippen LogP contribution in [0.25, 0.3) is 0 Å². The van der Waals surface area contributed by atoms with Gasteiger partial charge < -0.3 is 29.0 Å². The van der Waals surface area contributed by atoms with Gasteiger partial charge in [-0.2, -0.15) is 0 Å². The van der Waals surface area contributed by atoms with Gasteiger partial charge in [-0.25, -0.2) is 9.59 Å². The molecule has 2 rings (SSSR count). The molecule has 1 atom stereocenters. The summed E-state index contributed by atoms with van der Waals surface area (Å²) in [5, 5.41) is 2.90. The Bertz CT molecular complexity index is 667. The van der Waals surface area contributed by atoms with Crippen LogP contribution in [0.5, 0.6) is 11.5 Å². The fourth-order valence-corrected chi connectivity index (χ4v) is 2.31. The Kier molecular flexibility index (Phi) is 7.94. The number of carbonyl (C=O) groups excluding carboxylic acids is 2. The highest BCUT2D eigenvalue weighted by Gasteiger charge is 2.23. The highest BCUT2D eigenvalue weighted by molar-refractivity contribution is 6.14. The van der Waals surface area contributed by atoms with E-state index in [4.69, 9.17) is 23.7 Å². The zero-order valence-corrected chi connectivity index (χ0v) is 15.8. The van der Waals surface area contributed by atoms with Crippen LogP contribution < -0.4 is 14.8 Å². The second-order valence-electron chi connectivity index (χ2n) is 5.52. The summed E-state index contributed by atoms with van der Waals surface area (Å²) in [6.45, 7) is 6.99. The van der Waals surface area contributed by atoms with Crippen LogP contribution in [0.1, 0.15) is 20.8 Å². The van der Waals surface area contributed by atoms with Crippen molar-refractivity contribution in [1.82, 2.24) is 0 Å². The second kappa shape index (κ2) is 10.4. The lowest BCUT2D eigenvalue weighted by Gasteiger charge is -2.26. The van der Waals surface area contributed by atoms with E-state index >= 15 is 0 Å². The number of carbonyl (C=O) groups is 2. The number of hydrogen-bond acceptors (Lipinski definition) is 8. The molecule has 0 amide bonds. The number of benzene rings is 1. The average molecular weight is 379 g/mol. The minimum atomic E-state index is -0.752. The molecule has 8 nitrogen and oxygen atoms in total. The van der Waals surface area contributed by atoms with Gasteiger partial charge in [0.15, 0.2) is 23.2 Å². The Morgan fingerprint density at radius 3 is 2.44 bits per heavy atom. The first-order valence-corrected chi connectivity index (χ1v) is 8.91. The van der Waals surface area contributed by atoms with Crippen LogP contribution >= 0.6 is 0 Å². The average Bonchev–Trinajstić information content (AvgIpc) is 2.66. The summed E-state index contributed by atoms with van der Waals surface area (Å²) in [7, 11) is 0. The largest absolute Gasteiger partial charge is 0.486 e. The van der Waals surface area contributed by atoms with Gasteiger partial charge in [-0.15, -0.1) is 0 Å². The molecule has 0 fully saturated rings. The second-order valence-corrected chi connectivity index (χ2v) is 5.52. The van der Waals surface area contributed by atoms with Crippen molar-refractivity contribution >= 4 is 17.6 Å². The molecule has 0 spiro atoms. The van der Waals surface area contributed by atoms with Gasteiger partial charge >= 0.3 is 11.9 Å². The summed E-state index contributed by atoms with van der Waals surface area (Å²) in [6, 6.07) is 5.21. The van der Waals surface area contributed by atoms with Crippen molar-refractivity contribution in [2.75, 3.05) is 38.4 Å². The fourth-order valence-electron chi connectivity index (χ4n) is 2.31. The van der Waals surface area contributed by atoms with Gasteiger partial charge in [0.25, 0.3) is 0 Å². The lowest BCUT2D eigenvalue weighted by Crippen LogP contribution is -2.33. The van der Waals surface area contributed by atoms with E-state index in [-0.39, 0.29) is 24.9 Å². The maximum absolute atomic E-state index is 12.0. The summed E-state index contributed by atoms with van der Waals surface area (Å²) in [4.78, 5) is 23.9. The molecule has 0 radical (unpaired) electrons. The molecule has 0 saturated heterocycles. The SMILES string of the molecule is CCOCC1COc2ccc(NC=C(C(=O)OCC)C(=O)OCC)cc2O1. The minimum absolute atomic E-state index is 0.154. The summed E-state index contributed by atoms with van der Waals surface area (Å²) >= 11 is 0. The molecule has 8 heteroatoms. The van der Waals surface area contributed by atoms with Crippen LogP contribution in [0.4, 0.5) is 5.69 Å². The lowest BCUT2D eigenvalue weighted by atomic mass is 10.2. The normalized spacial score (nSPS) is 14.9. The number of anilines is 1. The third-order valence-corrected chi connectivity index (χ3v) is 3.54. The van der Waals surface area contributed by atoms with Crippen molar-refractivity contribution in [3.63, 3.8) is 0 Å². The molecule has 0 saturated carbocycles.